The molecule has 6 heteroatoms. The van der Waals surface area contributed by atoms with Crippen molar-refractivity contribution >= 4 is 23.1 Å². The van der Waals surface area contributed by atoms with Crippen LogP contribution in [0.5, 0.6) is 0 Å². The summed E-state index contributed by atoms with van der Waals surface area (Å²) in [5.74, 6) is 0. The number of para-hydroxylation sites is 1. The third-order valence-corrected chi connectivity index (χ3v) is 2.68. The third kappa shape index (κ3) is 3.51. The molecule has 0 atom stereocenters. The molecule has 2 aromatic rings. The van der Waals surface area contributed by atoms with E-state index >= 15 is 0 Å². The summed E-state index contributed by atoms with van der Waals surface area (Å²) >= 11 is 0. The maximum Gasteiger partial charge on any atom is 0.323 e. The molecule has 0 bridgehead atoms. The number of carbonyl (C=O) groups is 1. The van der Waals surface area contributed by atoms with E-state index in [1.807, 2.05) is 31.2 Å². The Labute approximate surface area is 116 Å². The van der Waals surface area contributed by atoms with Crippen LogP contribution in [-0.2, 0) is 0 Å². The Balaban J connectivity index is 2.01. The molecule has 2 amide bonds. The first-order valence-corrected chi connectivity index (χ1v) is 5.98. The van der Waals surface area contributed by atoms with Crippen molar-refractivity contribution in [3.8, 4) is 0 Å². The first-order chi connectivity index (χ1) is 9.69. The van der Waals surface area contributed by atoms with Gasteiger partial charge in [0.05, 0.1) is 0 Å². The number of nitrogens with one attached hydrogen (secondary N) is 2. The molecule has 2 N–H and O–H groups in total. The van der Waals surface area contributed by atoms with Crippen LogP contribution in [-0.4, -0.2) is 6.03 Å². The number of benzene rings is 2. The monoisotopic (exact) mass is 267 g/mol. The zero-order valence-corrected chi connectivity index (χ0v) is 10.9. The molecule has 0 aromatic heterocycles. The van der Waals surface area contributed by atoms with Crippen LogP contribution < -0.4 is 10.6 Å². The summed E-state index contributed by atoms with van der Waals surface area (Å²) in [5, 5.41) is 8.93. The SMILES string of the molecule is Cc1ccccc1NC(=O)Nc1ccc(N=[N+]=[N-])cc1. The average Bonchev–Trinajstić information content (AvgIpc) is 2.44. The lowest BCUT2D eigenvalue weighted by Gasteiger charge is -2.09. The van der Waals surface area contributed by atoms with E-state index in [0.717, 1.165) is 11.3 Å². The number of carbonyl (C=O) groups excluding carboxylic acids is 1. The van der Waals surface area contributed by atoms with E-state index in [1.54, 1.807) is 24.3 Å². The van der Waals surface area contributed by atoms with Crippen molar-refractivity contribution in [1.82, 2.24) is 0 Å². The number of rotatable bonds is 3. The molecule has 0 heterocycles. The highest BCUT2D eigenvalue weighted by Gasteiger charge is 2.04. The second kappa shape index (κ2) is 6.26. The maximum atomic E-state index is 11.8. The molecule has 0 saturated heterocycles. The molecule has 2 rings (SSSR count). The van der Waals surface area contributed by atoms with E-state index < -0.39 is 0 Å². The Morgan fingerprint density at radius 1 is 1.10 bits per heavy atom. The Morgan fingerprint density at radius 2 is 1.80 bits per heavy atom. The summed E-state index contributed by atoms with van der Waals surface area (Å²) in [5.41, 5.74) is 11.2. The fourth-order valence-electron chi connectivity index (χ4n) is 1.66. The van der Waals surface area contributed by atoms with Gasteiger partial charge >= 0.3 is 6.03 Å². The van der Waals surface area contributed by atoms with E-state index in [2.05, 4.69) is 20.7 Å². The van der Waals surface area contributed by atoms with Gasteiger partial charge in [-0.25, -0.2) is 4.79 Å². The van der Waals surface area contributed by atoms with E-state index in [9.17, 15) is 4.79 Å². The Morgan fingerprint density at radius 3 is 2.45 bits per heavy atom. The molecule has 0 spiro atoms. The van der Waals surface area contributed by atoms with Crippen LogP contribution in [0.4, 0.5) is 21.9 Å². The molecular weight excluding hydrogens is 254 g/mol. The van der Waals surface area contributed by atoms with Crippen LogP contribution in [0.15, 0.2) is 53.6 Å². The number of hydrogen-bond donors (Lipinski definition) is 2. The molecule has 0 saturated carbocycles. The number of amides is 2. The second-order valence-corrected chi connectivity index (χ2v) is 4.13. The van der Waals surface area contributed by atoms with Gasteiger partial charge in [-0.3, -0.25) is 0 Å². The van der Waals surface area contributed by atoms with Crippen molar-refractivity contribution in [3.05, 3.63) is 64.5 Å². The van der Waals surface area contributed by atoms with Gasteiger partial charge in [0.15, 0.2) is 0 Å². The fourth-order valence-corrected chi connectivity index (χ4v) is 1.66. The molecule has 0 aliphatic carbocycles. The molecule has 0 aliphatic rings. The zero-order chi connectivity index (χ0) is 14.4. The highest BCUT2D eigenvalue weighted by molar-refractivity contribution is 6.00. The first-order valence-electron chi connectivity index (χ1n) is 5.98. The smallest absolute Gasteiger partial charge is 0.308 e. The summed E-state index contributed by atoms with van der Waals surface area (Å²) in [7, 11) is 0. The minimum Gasteiger partial charge on any atom is -0.308 e. The van der Waals surface area contributed by atoms with Gasteiger partial charge in [-0.05, 0) is 36.2 Å². The van der Waals surface area contributed by atoms with Gasteiger partial charge < -0.3 is 10.6 Å². The molecule has 100 valence electrons. The molecule has 0 fully saturated rings. The maximum absolute atomic E-state index is 11.8. The molecule has 20 heavy (non-hydrogen) atoms. The van der Waals surface area contributed by atoms with E-state index in [4.69, 9.17) is 5.53 Å². The summed E-state index contributed by atoms with van der Waals surface area (Å²) in [6.45, 7) is 1.92. The summed E-state index contributed by atoms with van der Waals surface area (Å²) < 4.78 is 0. The lowest BCUT2D eigenvalue weighted by molar-refractivity contribution is 0.262. The van der Waals surface area contributed by atoms with Crippen molar-refractivity contribution in [3.63, 3.8) is 0 Å². The average molecular weight is 267 g/mol. The predicted octanol–water partition coefficient (Wildman–Crippen LogP) is 4.58. The van der Waals surface area contributed by atoms with Crippen LogP contribution in [0.3, 0.4) is 0 Å². The molecule has 0 radical (unpaired) electrons. The minimum absolute atomic E-state index is 0.323. The molecule has 2 aromatic carbocycles. The quantitative estimate of drug-likeness (QED) is 0.475. The fraction of sp³-hybridized carbons (Fsp3) is 0.0714. The summed E-state index contributed by atoms with van der Waals surface area (Å²) in [6.07, 6.45) is 0. The summed E-state index contributed by atoms with van der Waals surface area (Å²) in [6, 6.07) is 13.8. The van der Waals surface area contributed by atoms with Gasteiger partial charge in [-0.2, -0.15) is 0 Å². The number of urea groups is 1. The van der Waals surface area contributed by atoms with Gasteiger partial charge in [-0.1, -0.05) is 35.4 Å². The highest BCUT2D eigenvalue weighted by atomic mass is 16.2. The van der Waals surface area contributed by atoms with Gasteiger partial charge in [0.25, 0.3) is 0 Å². The van der Waals surface area contributed by atoms with E-state index in [1.165, 1.54) is 0 Å². The molecule has 0 unspecified atom stereocenters. The third-order valence-electron chi connectivity index (χ3n) is 2.68. The van der Waals surface area contributed by atoms with Gasteiger partial charge in [0.1, 0.15) is 0 Å². The van der Waals surface area contributed by atoms with E-state index in [-0.39, 0.29) is 6.03 Å². The van der Waals surface area contributed by atoms with Crippen molar-refractivity contribution in [2.75, 3.05) is 10.6 Å². The standard InChI is InChI=1S/C14H13N5O/c1-10-4-2-3-5-13(10)17-14(20)16-11-6-8-12(9-7-11)18-19-15/h2-9H,1H3,(H2,16,17,20). The highest BCUT2D eigenvalue weighted by Crippen LogP contribution is 2.17. The Hall–Kier alpha value is -2.98. The number of hydrogen-bond acceptors (Lipinski definition) is 2. The molecule has 0 aliphatic heterocycles. The number of aryl methyl sites for hydroxylation is 1. The van der Waals surface area contributed by atoms with Gasteiger partial charge in [-0.15, -0.1) is 0 Å². The van der Waals surface area contributed by atoms with E-state index in [0.29, 0.717) is 11.4 Å². The van der Waals surface area contributed by atoms with Crippen molar-refractivity contribution < 1.29 is 4.79 Å². The van der Waals surface area contributed by atoms with Crippen molar-refractivity contribution in [2.24, 2.45) is 5.11 Å². The Bertz CT molecular complexity index is 660. The number of anilines is 2. The second-order valence-electron chi connectivity index (χ2n) is 4.13. The summed E-state index contributed by atoms with van der Waals surface area (Å²) in [4.78, 5) is 14.5. The molecule has 6 nitrogen and oxygen atoms in total. The van der Waals surface area contributed by atoms with Crippen LogP contribution >= 0.6 is 0 Å². The molecular formula is C14H13N5O. The minimum atomic E-state index is -0.323. The lowest BCUT2D eigenvalue weighted by atomic mass is 10.2. The van der Waals surface area contributed by atoms with Crippen LogP contribution in [0.25, 0.3) is 10.4 Å². The van der Waals surface area contributed by atoms with Gasteiger partial charge in [0, 0.05) is 22.0 Å². The van der Waals surface area contributed by atoms with Crippen LogP contribution in [0, 0.1) is 6.92 Å². The van der Waals surface area contributed by atoms with Crippen LogP contribution in [0.1, 0.15) is 5.56 Å². The van der Waals surface area contributed by atoms with Crippen molar-refractivity contribution in [1.29, 1.82) is 0 Å². The van der Waals surface area contributed by atoms with Crippen LogP contribution in [0.2, 0.25) is 0 Å². The van der Waals surface area contributed by atoms with Crippen molar-refractivity contribution in [2.45, 2.75) is 6.92 Å². The number of nitrogens with zero attached hydrogens (tertiary/aromatic N) is 3. The number of azide groups is 1. The van der Waals surface area contributed by atoms with Gasteiger partial charge in [0.2, 0.25) is 0 Å². The normalized spacial score (nSPS) is 9.45. The Kier molecular flexibility index (Phi) is 4.21. The zero-order valence-electron chi connectivity index (χ0n) is 10.9. The first kappa shape index (κ1) is 13.5. The lowest BCUT2D eigenvalue weighted by Crippen LogP contribution is -2.19. The largest absolute Gasteiger partial charge is 0.323 e. The predicted molar refractivity (Wildman–Crippen MR) is 79.1 cm³/mol. The topological polar surface area (TPSA) is 89.9 Å².